The Hall–Kier alpha value is -2.00. The van der Waals surface area contributed by atoms with Gasteiger partial charge >= 0.3 is 11.9 Å². The van der Waals surface area contributed by atoms with Crippen LogP contribution >= 0.6 is 0 Å². The first-order valence-corrected chi connectivity index (χ1v) is 7.52. The molecule has 0 aromatic heterocycles. The van der Waals surface area contributed by atoms with Crippen LogP contribution in [0.4, 0.5) is 0 Å². The summed E-state index contributed by atoms with van der Waals surface area (Å²) in [5.41, 5.74) is 0. The molecule has 0 aromatic carbocycles. The van der Waals surface area contributed by atoms with Gasteiger partial charge in [0.1, 0.15) is 12.1 Å². The normalized spacial score (nSPS) is 19.8. The Bertz CT molecular complexity index is 474. The van der Waals surface area contributed by atoms with E-state index in [1.165, 1.54) is 6.92 Å². The largest absolute Gasteiger partial charge is 0.481 e. The SMILES string of the molecule is CCC(O)C(=O)N(C(=O)C1CCCN1)C(CCC(=O)O)C(=O)O. The van der Waals surface area contributed by atoms with E-state index in [1.807, 2.05) is 0 Å². The predicted octanol–water partition coefficient (Wildman–Crippen LogP) is -0.817. The van der Waals surface area contributed by atoms with Gasteiger partial charge in [-0.2, -0.15) is 0 Å². The van der Waals surface area contributed by atoms with Crippen LogP contribution in [0.3, 0.4) is 0 Å². The number of aliphatic hydroxyl groups is 1. The van der Waals surface area contributed by atoms with Crippen molar-refractivity contribution in [2.24, 2.45) is 0 Å². The minimum absolute atomic E-state index is 0.0198. The maximum Gasteiger partial charge on any atom is 0.326 e. The average Bonchev–Trinajstić information content (AvgIpc) is 3.03. The Morgan fingerprint density at radius 1 is 1.26 bits per heavy atom. The number of carboxylic acids is 2. The van der Waals surface area contributed by atoms with Gasteiger partial charge in [-0.3, -0.25) is 19.3 Å². The number of hydrogen-bond acceptors (Lipinski definition) is 6. The summed E-state index contributed by atoms with van der Waals surface area (Å²) in [7, 11) is 0. The van der Waals surface area contributed by atoms with Gasteiger partial charge in [0.15, 0.2) is 0 Å². The van der Waals surface area contributed by atoms with Crippen LogP contribution in [0.5, 0.6) is 0 Å². The second-order valence-corrected chi connectivity index (χ2v) is 5.41. The van der Waals surface area contributed by atoms with Crippen LogP contribution < -0.4 is 5.32 Å². The Balaban J connectivity index is 3.07. The highest BCUT2D eigenvalue weighted by Gasteiger charge is 2.40. The number of hydrogen-bond donors (Lipinski definition) is 4. The van der Waals surface area contributed by atoms with Gasteiger partial charge < -0.3 is 20.6 Å². The van der Waals surface area contributed by atoms with Gasteiger partial charge in [-0.15, -0.1) is 0 Å². The lowest BCUT2D eigenvalue weighted by atomic mass is 10.1. The first kappa shape index (κ1) is 19.0. The number of aliphatic hydroxyl groups excluding tert-OH is 1. The van der Waals surface area contributed by atoms with Crippen molar-refractivity contribution in [1.29, 1.82) is 0 Å². The molecule has 130 valence electrons. The molecule has 3 atom stereocenters. The van der Waals surface area contributed by atoms with Gasteiger partial charge in [0.2, 0.25) is 5.91 Å². The third-order valence-electron chi connectivity index (χ3n) is 3.73. The van der Waals surface area contributed by atoms with Crippen molar-refractivity contribution in [3.8, 4) is 0 Å². The highest BCUT2D eigenvalue weighted by molar-refractivity contribution is 6.03. The van der Waals surface area contributed by atoms with Gasteiger partial charge in [0.25, 0.3) is 5.91 Å². The molecule has 1 rings (SSSR count). The number of imide groups is 1. The molecular formula is C14H22N2O7. The maximum atomic E-state index is 12.5. The zero-order valence-corrected chi connectivity index (χ0v) is 12.9. The molecule has 9 nitrogen and oxygen atoms in total. The number of rotatable bonds is 8. The van der Waals surface area contributed by atoms with Crippen LogP contribution in [-0.2, 0) is 19.2 Å². The summed E-state index contributed by atoms with van der Waals surface area (Å²) in [5.74, 6) is -4.46. The average molecular weight is 330 g/mol. The Morgan fingerprint density at radius 2 is 1.91 bits per heavy atom. The summed E-state index contributed by atoms with van der Waals surface area (Å²) in [6, 6.07) is -2.32. The topological polar surface area (TPSA) is 144 Å². The standard InChI is InChI=1S/C14H22N2O7/c1-2-10(17)13(21)16(12(20)8-4-3-7-15-8)9(14(22)23)5-6-11(18)19/h8-10,15,17H,2-7H2,1H3,(H,18,19)(H,22,23). The second kappa shape index (κ2) is 8.59. The summed E-state index contributed by atoms with van der Waals surface area (Å²) >= 11 is 0. The van der Waals surface area contributed by atoms with Gasteiger partial charge in [-0.1, -0.05) is 6.92 Å². The lowest BCUT2D eigenvalue weighted by Crippen LogP contribution is -2.56. The van der Waals surface area contributed by atoms with E-state index in [-0.39, 0.29) is 6.42 Å². The molecule has 0 radical (unpaired) electrons. The molecule has 0 aliphatic carbocycles. The molecule has 0 bridgehead atoms. The van der Waals surface area contributed by atoms with Crippen LogP contribution in [0.1, 0.15) is 39.0 Å². The molecule has 1 fully saturated rings. The molecule has 1 aliphatic rings. The number of amides is 2. The summed E-state index contributed by atoms with van der Waals surface area (Å²) in [6.45, 7) is 2.09. The number of carbonyl (C=O) groups excluding carboxylic acids is 2. The fourth-order valence-electron chi connectivity index (χ4n) is 2.44. The first-order chi connectivity index (χ1) is 10.8. The van der Waals surface area contributed by atoms with E-state index < -0.39 is 54.8 Å². The first-order valence-electron chi connectivity index (χ1n) is 7.52. The van der Waals surface area contributed by atoms with Gasteiger partial charge in [0, 0.05) is 6.42 Å². The molecule has 0 aromatic rings. The number of nitrogens with one attached hydrogen (secondary N) is 1. The Kier molecular flexibility index (Phi) is 7.11. The molecule has 1 aliphatic heterocycles. The van der Waals surface area contributed by atoms with E-state index in [0.717, 1.165) is 0 Å². The third kappa shape index (κ3) is 5.00. The van der Waals surface area contributed by atoms with Gasteiger partial charge in [0.05, 0.1) is 6.04 Å². The molecule has 4 N–H and O–H groups in total. The number of carbonyl (C=O) groups is 4. The van der Waals surface area contributed by atoms with Crippen molar-refractivity contribution in [3.05, 3.63) is 0 Å². The summed E-state index contributed by atoms with van der Waals surface area (Å²) < 4.78 is 0. The van der Waals surface area contributed by atoms with Crippen molar-refractivity contribution in [3.63, 3.8) is 0 Å². The van der Waals surface area contributed by atoms with E-state index in [4.69, 9.17) is 5.11 Å². The van der Waals surface area contributed by atoms with Crippen LogP contribution in [-0.4, -0.2) is 68.7 Å². The summed E-state index contributed by atoms with van der Waals surface area (Å²) in [4.78, 5) is 47.5. The predicted molar refractivity (Wildman–Crippen MR) is 77.5 cm³/mol. The minimum Gasteiger partial charge on any atom is -0.481 e. The van der Waals surface area contributed by atoms with Crippen molar-refractivity contribution in [2.45, 2.75) is 57.2 Å². The number of nitrogens with zero attached hydrogens (tertiary/aromatic N) is 1. The molecule has 1 heterocycles. The summed E-state index contributed by atoms with van der Waals surface area (Å²) in [6.07, 6.45) is -1.24. The molecule has 0 spiro atoms. The maximum absolute atomic E-state index is 12.5. The molecule has 23 heavy (non-hydrogen) atoms. The monoisotopic (exact) mass is 330 g/mol. The minimum atomic E-state index is -1.62. The van der Waals surface area contributed by atoms with E-state index in [2.05, 4.69) is 5.32 Å². The van der Waals surface area contributed by atoms with E-state index in [9.17, 15) is 29.4 Å². The lowest BCUT2D eigenvalue weighted by molar-refractivity contribution is -0.163. The fourth-order valence-corrected chi connectivity index (χ4v) is 2.44. The quantitative estimate of drug-likeness (QED) is 0.452. The van der Waals surface area contributed by atoms with Crippen LogP contribution in [0.25, 0.3) is 0 Å². The van der Waals surface area contributed by atoms with E-state index >= 15 is 0 Å². The molecule has 9 heteroatoms. The highest BCUT2D eigenvalue weighted by atomic mass is 16.4. The van der Waals surface area contributed by atoms with Crippen molar-refractivity contribution >= 4 is 23.8 Å². The molecular weight excluding hydrogens is 308 g/mol. The Labute approximate surface area is 133 Å². The molecule has 0 saturated carbocycles. The van der Waals surface area contributed by atoms with Gasteiger partial charge in [-0.05, 0) is 32.2 Å². The van der Waals surface area contributed by atoms with E-state index in [1.54, 1.807) is 0 Å². The van der Waals surface area contributed by atoms with Crippen LogP contribution in [0.2, 0.25) is 0 Å². The number of aliphatic carboxylic acids is 2. The summed E-state index contributed by atoms with van der Waals surface area (Å²) in [5, 5.41) is 30.6. The number of carboxylic acid groups (broad SMARTS) is 2. The van der Waals surface area contributed by atoms with Crippen molar-refractivity contribution in [2.75, 3.05) is 6.54 Å². The van der Waals surface area contributed by atoms with Crippen molar-refractivity contribution < 1.29 is 34.5 Å². The smallest absolute Gasteiger partial charge is 0.326 e. The fraction of sp³-hybridized carbons (Fsp3) is 0.714. The Morgan fingerprint density at radius 3 is 2.35 bits per heavy atom. The van der Waals surface area contributed by atoms with Crippen LogP contribution in [0.15, 0.2) is 0 Å². The third-order valence-corrected chi connectivity index (χ3v) is 3.73. The molecule has 3 unspecified atom stereocenters. The van der Waals surface area contributed by atoms with Crippen LogP contribution in [0, 0.1) is 0 Å². The van der Waals surface area contributed by atoms with Gasteiger partial charge in [-0.25, -0.2) is 4.79 Å². The molecule has 1 saturated heterocycles. The highest BCUT2D eigenvalue weighted by Crippen LogP contribution is 2.17. The van der Waals surface area contributed by atoms with E-state index in [0.29, 0.717) is 24.3 Å². The lowest BCUT2D eigenvalue weighted by Gasteiger charge is -2.30. The molecule has 2 amide bonds. The van der Waals surface area contributed by atoms with Crippen molar-refractivity contribution in [1.82, 2.24) is 10.2 Å². The zero-order chi connectivity index (χ0) is 17.6. The second-order valence-electron chi connectivity index (χ2n) is 5.41. The zero-order valence-electron chi connectivity index (χ0n) is 12.9.